The van der Waals surface area contributed by atoms with Gasteiger partial charge in [-0.1, -0.05) is 0 Å². The fourth-order valence-electron chi connectivity index (χ4n) is 2.13. The van der Waals surface area contributed by atoms with Crippen LogP contribution in [-0.4, -0.2) is 9.97 Å². The topological polar surface area (TPSA) is 77.0 Å². The van der Waals surface area contributed by atoms with Crippen LogP contribution in [0, 0.1) is 13.8 Å². The van der Waals surface area contributed by atoms with Crippen molar-refractivity contribution in [2.75, 3.05) is 11.1 Å². The molecule has 0 unspecified atom stereocenters. The molecule has 0 aliphatic rings. The molecule has 0 aliphatic heterocycles. The standard InChI is InChI=1S/C15H16N4O/c1-9-10(2)20-14(19-9)8-18-13-6-5-12(16)15-11(13)4-3-7-17-15/h3-7,18H,8,16H2,1-2H3. The molecule has 1 aromatic carbocycles. The zero-order valence-corrected chi connectivity index (χ0v) is 11.5. The number of nitrogens with one attached hydrogen (secondary N) is 1. The van der Waals surface area contributed by atoms with Crippen LogP contribution in [0.5, 0.6) is 0 Å². The van der Waals surface area contributed by atoms with Crippen molar-refractivity contribution in [3.05, 3.63) is 47.8 Å². The molecule has 2 aromatic heterocycles. The van der Waals surface area contributed by atoms with Gasteiger partial charge in [0.1, 0.15) is 5.76 Å². The summed E-state index contributed by atoms with van der Waals surface area (Å²) in [6.07, 6.45) is 1.74. The number of nitrogens with zero attached hydrogens (tertiary/aromatic N) is 2. The molecule has 0 radical (unpaired) electrons. The number of anilines is 2. The first-order valence-electron chi connectivity index (χ1n) is 6.45. The third kappa shape index (κ3) is 2.18. The Kier molecular flexibility index (Phi) is 3.02. The van der Waals surface area contributed by atoms with E-state index in [1.54, 1.807) is 6.20 Å². The third-order valence-corrected chi connectivity index (χ3v) is 3.30. The normalized spacial score (nSPS) is 10.9. The Morgan fingerprint density at radius 3 is 2.85 bits per heavy atom. The van der Waals surface area contributed by atoms with Crippen LogP contribution in [0.2, 0.25) is 0 Å². The van der Waals surface area contributed by atoms with E-state index in [-0.39, 0.29) is 0 Å². The monoisotopic (exact) mass is 268 g/mol. The molecule has 3 rings (SSSR count). The first kappa shape index (κ1) is 12.5. The van der Waals surface area contributed by atoms with Crippen LogP contribution < -0.4 is 11.1 Å². The lowest BCUT2D eigenvalue weighted by Crippen LogP contribution is -2.01. The molecule has 3 N–H and O–H groups in total. The molecular weight excluding hydrogens is 252 g/mol. The van der Waals surface area contributed by atoms with Crippen LogP contribution in [0.25, 0.3) is 10.9 Å². The van der Waals surface area contributed by atoms with Gasteiger partial charge in [0.25, 0.3) is 0 Å². The second kappa shape index (κ2) is 4.85. The van der Waals surface area contributed by atoms with Gasteiger partial charge in [-0.2, -0.15) is 0 Å². The lowest BCUT2D eigenvalue weighted by atomic mass is 10.1. The highest BCUT2D eigenvalue weighted by Gasteiger charge is 2.08. The van der Waals surface area contributed by atoms with Crippen LogP contribution in [0.15, 0.2) is 34.9 Å². The summed E-state index contributed by atoms with van der Waals surface area (Å²) in [5, 5.41) is 4.31. The molecule has 0 amide bonds. The average Bonchev–Trinajstić information content (AvgIpc) is 2.77. The highest BCUT2D eigenvalue weighted by molar-refractivity contribution is 5.98. The molecular formula is C15H16N4O. The minimum atomic E-state index is 0.530. The van der Waals surface area contributed by atoms with Crippen LogP contribution in [0.1, 0.15) is 17.3 Å². The summed E-state index contributed by atoms with van der Waals surface area (Å²) in [4.78, 5) is 8.66. The van der Waals surface area contributed by atoms with Crippen molar-refractivity contribution >= 4 is 22.3 Å². The third-order valence-electron chi connectivity index (χ3n) is 3.30. The number of fused-ring (bicyclic) bond motifs is 1. The first-order chi connectivity index (χ1) is 9.65. The molecule has 0 aliphatic carbocycles. The van der Waals surface area contributed by atoms with Crippen molar-refractivity contribution in [1.29, 1.82) is 0 Å². The predicted octanol–water partition coefficient (Wildman–Crippen LogP) is 3.03. The number of hydrogen-bond donors (Lipinski definition) is 2. The van der Waals surface area contributed by atoms with Gasteiger partial charge in [0.2, 0.25) is 5.89 Å². The van der Waals surface area contributed by atoms with Gasteiger partial charge in [0.05, 0.1) is 23.4 Å². The first-order valence-corrected chi connectivity index (χ1v) is 6.45. The fraction of sp³-hybridized carbons (Fsp3) is 0.200. The van der Waals surface area contributed by atoms with Gasteiger partial charge in [-0.05, 0) is 38.1 Å². The minimum absolute atomic E-state index is 0.530. The van der Waals surface area contributed by atoms with E-state index >= 15 is 0 Å². The molecule has 0 saturated heterocycles. The van der Waals surface area contributed by atoms with Crippen LogP contribution in [0.3, 0.4) is 0 Å². The summed E-state index contributed by atoms with van der Waals surface area (Å²) in [6.45, 7) is 4.38. The quantitative estimate of drug-likeness (QED) is 0.714. The van der Waals surface area contributed by atoms with Gasteiger partial charge < -0.3 is 15.5 Å². The number of pyridine rings is 1. The highest BCUT2D eigenvalue weighted by Crippen LogP contribution is 2.26. The number of hydrogen-bond acceptors (Lipinski definition) is 5. The largest absolute Gasteiger partial charge is 0.444 e. The van der Waals surface area contributed by atoms with Gasteiger partial charge in [-0.3, -0.25) is 4.98 Å². The average molecular weight is 268 g/mol. The smallest absolute Gasteiger partial charge is 0.213 e. The van der Waals surface area contributed by atoms with Crippen LogP contribution in [0.4, 0.5) is 11.4 Å². The zero-order valence-electron chi connectivity index (χ0n) is 11.5. The number of oxazole rings is 1. The second-order valence-electron chi connectivity index (χ2n) is 4.70. The lowest BCUT2D eigenvalue weighted by Gasteiger charge is -2.09. The SMILES string of the molecule is Cc1nc(CNc2ccc(N)c3ncccc23)oc1C. The van der Waals surface area contributed by atoms with Crippen LogP contribution in [-0.2, 0) is 6.54 Å². The van der Waals surface area contributed by atoms with E-state index in [2.05, 4.69) is 15.3 Å². The summed E-state index contributed by atoms with van der Waals surface area (Å²) in [6, 6.07) is 7.69. The van der Waals surface area contributed by atoms with Gasteiger partial charge in [-0.25, -0.2) is 4.98 Å². The predicted molar refractivity (Wildman–Crippen MR) is 79.5 cm³/mol. The van der Waals surface area contributed by atoms with Crippen molar-refractivity contribution < 1.29 is 4.42 Å². The maximum Gasteiger partial charge on any atom is 0.213 e. The maximum atomic E-state index is 5.93. The highest BCUT2D eigenvalue weighted by atomic mass is 16.4. The Labute approximate surface area is 116 Å². The van der Waals surface area contributed by atoms with Crippen LogP contribution >= 0.6 is 0 Å². The number of nitrogen functional groups attached to an aromatic ring is 1. The molecule has 20 heavy (non-hydrogen) atoms. The summed E-state index contributed by atoms with van der Waals surface area (Å²) in [7, 11) is 0. The Bertz CT molecular complexity index is 744. The van der Waals surface area contributed by atoms with Gasteiger partial charge in [0.15, 0.2) is 0 Å². The van der Waals surface area contributed by atoms with E-state index in [0.717, 1.165) is 28.0 Å². The minimum Gasteiger partial charge on any atom is -0.444 e. The summed E-state index contributed by atoms with van der Waals surface area (Å²) in [5.74, 6) is 1.53. The molecule has 0 bridgehead atoms. The molecule has 102 valence electrons. The Balaban J connectivity index is 1.89. The number of aromatic nitrogens is 2. The van der Waals surface area contributed by atoms with E-state index in [1.165, 1.54) is 0 Å². The summed E-state index contributed by atoms with van der Waals surface area (Å²) >= 11 is 0. The molecule has 3 aromatic rings. The molecule has 0 saturated carbocycles. The maximum absolute atomic E-state index is 5.93. The Morgan fingerprint density at radius 2 is 2.10 bits per heavy atom. The molecule has 2 heterocycles. The summed E-state index contributed by atoms with van der Waals surface area (Å²) < 4.78 is 5.56. The van der Waals surface area contributed by atoms with Crippen molar-refractivity contribution in [1.82, 2.24) is 9.97 Å². The van der Waals surface area contributed by atoms with Crippen molar-refractivity contribution in [2.24, 2.45) is 0 Å². The van der Waals surface area contributed by atoms with Crippen molar-refractivity contribution in [2.45, 2.75) is 20.4 Å². The molecule has 5 nitrogen and oxygen atoms in total. The van der Waals surface area contributed by atoms with E-state index in [4.69, 9.17) is 10.2 Å². The van der Waals surface area contributed by atoms with E-state index in [0.29, 0.717) is 18.1 Å². The lowest BCUT2D eigenvalue weighted by molar-refractivity contribution is 0.478. The molecule has 0 spiro atoms. The Morgan fingerprint density at radius 1 is 1.25 bits per heavy atom. The van der Waals surface area contributed by atoms with Crippen molar-refractivity contribution in [3.8, 4) is 0 Å². The fourth-order valence-corrected chi connectivity index (χ4v) is 2.13. The Hall–Kier alpha value is -2.56. The van der Waals surface area contributed by atoms with E-state index < -0.39 is 0 Å². The number of aryl methyl sites for hydroxylation is 2. The number of benzene rings is 1. The second-order valence-corrected chi connectivity index (χ2v) is 4.70. The number of rotatable bonds is 3. The van der Waals surface area contributed by atoms with Crippen molar-refractivity contribution in [3.63, 3.8) is 0 Å². The molecule has 5 heteroatoms. The van der Waals surface area contributed by atoms with E-state index in [9.17, 15) is 0 Å². The van der Waals surface area contributed by atoms with Gasteiger partial charge >= 0.3 is 0 Å². The number of nitrogens with two attached hydrogens (primary N) is 1. The molecule has 0 fully saturated rings. The van der Waals surface area contributed by atoms with Gasteiger partial charge in [0, 0.05) is 17.3 Å². The van der Waals surface area contributed by atoms with E-state index in [1.807, 2.05) is 38.1 Å². The molecule has 0 atom stereocenters. The summed E-state index contributed by atoms with van der Waals surface area (Å²) in [5.41, 5.74) is 9.30. The zero-order chi connectivity index (χ0) is 14.1. The van der Waals surface area contributed by atoms with Gasteiger partial charge in [-0.15, -0.1) is 0 Å².